The van der Waals surface area contributed by atoms with Gasteiger partial charge in [-0.25, -0.2) is 18.6 Å². The standard InChI is InChI=1S/C28H34F2N4O3/c1-19(31-26(36)37-27(2,3)4)24-32-22-14-8-10-20(11-9-16-33-17-15-28(29,30)18-33)23(22)25(35)34(24)21-12-6-5-7-13-21/h5-8,10,12-14,19H,9,11,15-18H2,1-4H3,(H,31,36)/t19-/m0/s1. The second kappa shape index (κ2) is 10.6. The minimum Gasteiger partial charge on any atom is -0.444 e. The molecule has 37 heavy (non-hydrogen) atoms. The number of aromatic nitrogens is 2. The molecule has 0 aliphatic carbocycles. The number of hydrogen-bond acceptors (Lipinski definition) is 5. The predicted molar refractivity (Wildman–Crippen MR) is 139 cm³/mol. The number of alkyl carbamates (subject to hydrolysis) is 1. The molecule has 0 spiro atoms. The number of benzene rings is 2. The molecule has 4 rings (SSSR count). The number of likely N-dealkylation sites (tertiary alicyclic amines) is 1. The van der Waals surface area contributed by atoms with E-state index in [2.05, 4.69) is 5.32 Å². The van der Waals surface area contributed by atoms with Crippen LogP contribution in [-0.4, -0.2) is 51.7 Å². The van der Waals surface area contributed by atoms with Crippen molar-refractivity contribution in [3.05, 3.63) is 70.3 Å². The fourth-order valence-electron chi connectivity index (χ4n) is 4.68. The highest BCUT2D eigenvalue weighted by Gasteiger charge is 2.37. The number of nitrogens with zero attached hydrogens (tertiary/aromatic N) is 3. The number of aryl methyl sites for hydroxylation is 1. The van der Waals surface area contributed by atoms with Crippen molar-refractivity contribution in [3.8, 4) is 5.69 Å². The molecule has 3 aromatic rings. The van der Waals surface area contributed by atoms with Crippen LogP contribution in [0.2, 0.25) is 0 Å². The molecule has 1 aromatic heterocycles. The van der Waals surface area contributed by atoms with E-state index in [0.717, 1.165) is 5.56 Å². The number of rotatable bonds is 7. The molecule has 2 aromatic carbocycles. The number of ether oxygens (including phenoxy) is 1. The molecule has 1 N–H and O–H groups in total. The smallest absolute Gasteiger partial charge is 0.408 e. The maximum absolute atomic E-state index is 14.0. The first-order chi connectivity index (χ1) is 17.4. The van der Waals surface area contributed by atoms with Crippen molar-refractivity contribution < 1.29 is 18.3 Å². The van der Waals surface area contributed by atoms with Gasteiger partial charge in [0.25, 0.3) is 11.5 Å². The average molecular weight is 513 g/mol. The summed E-state index contributed by atoms with van der Waals surface area (Å²) in [4.78, 5) is 33.0. The number of carbonyl (C=O) groups excluding carboxylic acids is 1. The number of hydrogen-bond donors (Lipinski definition) is 1. The Bertz CT molecular complexity index is 1320. The number of fused-ring (bicyclic) bond motifs is 1. The van der Waals surface area contributed by atoms with Crippen molar-refractivity contribution >= 4 is 17.0 Å². The summed E-state index contributed by atoms with van der Waals surface area (Å²) in [6, 6.07) is 14.0. The monoisotopic (exact) mass is 512 g/mol. The lowest BCUT2D eigenvalue weighted by atomic mass is 10.0. The number of alkyl halides is 2. The summed E-state index contributed by atoms with van der Waals surface area (Å²) in [6.07, 6.45) is 0.509. The Morgan fingerprint density at radius 3 is 2.54 bits per heavy atom. The lowest BCUT2D eigenvalue weighted by Gasteiger charge is -2.23. The molecule has 1 fully saturated rings. The van der Waals surface area contributed by atoms with E-state index in [0.29, 0.717) is 48.3 Å². The van der Waals surface area contributed by atoms with E-state index in [-0.39, 0.29) is 18.5 Å². The third-order valence-corrected chi connectivity index (χ3v) is 6.31. The van der Waals surface area contributed by atoms with E-state index in [4.69, 9.17) is 9.72 Å². The zero-order valence-corrected chi connectivity index (χ0v) is 21.8. The molecule has 198 valence electrons. The topological polar surface area (TPSA) is 76.5 Å². The van der Waals surface area contributed by atoms with Gasteiger partial charge in [0.1, 0.15) is 11.4 Å². The third-order valence-electron chi connectivity index (χ3n) is 6.31. The van der Waals surface area contributed by atoms with Gasteiger partial charge in [-0.15, -0.1) is 0 Å². The van der Waals surface area contributed by atoms with Crippen LogP contribution in [0.5, 0.6) is 0 Å². The van der Waals surface area contributed by atoms with E-state index in [1.165, 1.54) is 4.57 Å². The van der Waals surface area contributed by atoms with E-state index in [1.54, 1.807) is 38.7 Å². The highest BCUT2D eigenvalue weighted by Crippen LogP contribution is 2.27. The van der Waals surface area contributed by atoms with Crippen molar-refractivity contribution in [1.29, 1.82) is 0 Å². The molecule has 7 nitrogen and oxygen atoms in total. The number of amides is 1. The highest BCUT2D eigenvalue weighted by molar-refractivity contribution is 5.82. The van der Waals surface area contributed by atoms with E-state index in [1.807, 2.05) is 42.5 Å². The summed E-state index contributed by atoms with van der Waals surface area (Å²) in [6.45, 7) is 7.81. The van der Waals surface area contributed by atoms with Gasteiger partial charge in [0.05, 0.1) is 29.2 Å². The molecule has 1 saturated heterocycles. The van der Waals surface area contributed by atoms with Crippen LogP contribution in [0.4, 0.5) is 13.6 Å². The van der Waals surface area contributed by atoms with Crippen molar-refractivity contribution in [1.82, 2.24) is 19.8 Å². The molecule has 1 amide bonds. The molecule has 1 aliphatic heterocycles. The Hall–Kier alpha value is -3.33. The molecule has 1 atom stereocenters. The minimum atomic E-state index is -2.62. The van der Waals surface area contributed by atoms with Crippen LogP contribution < -0.4 is 10.9 Å². The lowest BCUT2D eigenvalue weighted by molar-refractivity contribution is 0.0121. The first kappa shape index (κ1) is 26.7. The van der Waals surface area contributed by atoms with Gasteiger partial charge in [-0.2, -0.15) is 0 Å². The molecule has 2 heterocycles. The molecule has 0 unspecified atom stereocenters. The van der Waals surface area contributed by atoms with Crippen molar-refractivity contribution in [2.24, 2.45) is 0 Å². The Balaban J connectivity index is 1.68. The van der Waals surface area contributed by atoms with Crippen LogP contribution in [-0.2, 0) is 11.2 Å². The molecule has 0 bridgehead atoms. The van der Waals surface area contributed by atoms with Crippen molar-refractivity contribution in [2.75, 3.05) is 19.6 Å². The van der Waals surface area contributed by atoms with Crippen LogP contribution in [0.15, 0.2) is 53.3 Å². The Morgan fingerprint density at radius 1 is 1.16 bits per heavy atom. The average Bonchev–Trinajstić information content (AvgIpc) is 3.16. The normalized spacial score (nSPS) is 16.6. The third kappa shape index (κ3) is 6.52. The van der Waals surface area contributed by atoms with Crippen molar-refractivity contribution in [3.63, 3.8) is 0 Å². The molecule has 1 aliphatic rings. The Morgan fingerprint density at radius 2 is 1.89 bits per heavy atom. The summed E-state index contributed by atoms with van der Waals surface area (Å²) >= 11 is 0. The van der Waals surface area contributed by atoms with Gasteiger partial charge in [-0.05, 0) is 70.8 Å². The minimum absolute atomic E-state index is 0.106. The van der Waals surface area contributed by atoms with Gasteiger partial charge in [0.15, 0.2) is 0 Å². The first-order valence-corrected chi connectivity index (χ1v) is 12.6. The highest BCUT2D eigenvalue weighted by atomic mass is 19.3. The van der Waals surface area contributed by atoms with Gasteiger partial charge in [0, 0.05) is 13.0 Å². The molecule has 0 saturated carbocycles. The molecule has 0 radical (unpaired) electrons. The van der Waals surface area contributed by atoms with E-state index < -0.39 is 23.7 Å². The number of carbonyl (C=O) groups is 1. The lowest BCUT2D eigenvalue weighted by Crippen LogP contribution is -2.37. The Kier molecular flexibility index (Phi) is 7.64. The van der Waals surface area contributed by atoms with Crippen LogP contribution in [0, 0.1) is 0 Å². The van der Waals surface area contributed by atoms with Gasteiger partial charge >= 0.3 is 6.09 Å². The SMILES string of the molecule is C[C@H](NC(=O)OC(C)(C)C)c1nc2cccc(CCCN3CCC(F)(F)C3)c2c(=O)n1-c1ccccc1. The summed E-state index contributed by atoms with van der Waals surface area (Å²) < 4.78 is 34.0. The Labute approximate surface area is 215 Å². The van der Waals surface area contributed by atoms with Crippen LogP contribution in [0.25, 0.3) is 16.6 Å². The summed E-state index contributed by atoms with van der Waals surface area (Å²) in [7, 11) is 0. The van der Waals surface area contributed by atoms with Gasteiger partial charge in [-0.1, -0.05) is 30.3 Å². The second-order valence-electron chi connectivity index (χ2n) is 10.6. The van der Waals surface area contributed by atoms with E-state index >= 15 is 0 Å². The predicted octanol–water partition coefficient (Wildman–Crippen LogP) is 5.25. The van der Waals surface area contributed by atoms with Gasteiger partial charge in [-0.3, -0.25) is 14.3 Å². The molecular formula is C28H34F2N4O3. The molecular weight excluding hydrogens is 478 g/mol. The fourth-order valence-corrected chi connectivity index (χ4v) is 4.68. The molecule has 9 heteroatoms. The van der Waals surface area contributed by atoms with Gasteiger partial charge < -0.3 is 10.1 Å². The first-order valence-electron chi connectivity index (χ1n) is 12.6. The summed E-state index contributed by atoms with van der Waals surface area (Å²) in [5.41, 5.74) is 1.07. The van der Waals surface area contributed by atoms with E-state index in [9.17, 15) is 18.4 Å². The van der Waals surface area contributed by atoms with Crippen LogP contribution >= 0.6 is 0 Å². The fraction of sp³-hybridized carbons (Fsp3) is 0.464. The zero-order chi connectivity index (χ0) is 26.8. The maximum Gasteiger partial charge on any atom is 0.408 e. The summed E-state index contributed by atoms with van der Waals surface area (Å²) in [5, 5.41) is 3.28. The largest absolute Gasteiger partial charge is 0.444 e. The van der Waals surface area contributed by atoms with Crippen LogP contribution in [0.1, 0.15) is 58.0 Å². The quantitative estimate of drug-likeness (QED) is 0.468. The number of halogens is 2. The van der Waals surface area contributed by atoms with Gasteiger partial charge in [0.2, 0.25) is 0 Å². The maximum atomic E-state index is 14.0. The number of nitrogens with one attached hydrogen (secondary N) is 1. The second-order valence-corrected chi connectivity index (χ2v) is 10.6. The summed E-state index contributed by atoms with van der Waals surface area (Å²) in [5.74, 6) is -2.24. The number of para-hydroxylation sites is 1. The zero-order valence-electron chi connectivity index (χ0n) is 21.8. The van der Waals surface area contributed by atoms with Crippen molar-refractivity contribution in [2.45, 2.75) is 64.5 Å². The van der Waals surface area contributed by atoms with Crippen LogP contribution in [0.3, 0.4) is 0 Å².